The smallest absolute Gasteiger partial charge is 0.248 e. The quantitative estimate of drug-likeness (QED) is 0.840. The molecule has 0 radical (unpaired) electrons. The summed E-state index contributed by atoms with van der Waals surface area (Å²) in [5, 5.41) is 9.80. The third kappa shape index (κ3) is 4.43. The van der Waals surface area contributed by atoms with Crippen LogP contribution in [0.1, 0.15) is 12.0 Å². The second-order valence-corrected chi connectivity index (χ2v) is 5.21. The summed E-state index contributed by atoms with van der Waals surface area (Å²) >= 11 is 3.43. The maximum Gasteiger partial charge on any atom is 0.248 e. The van der Waals surface area contributed by atoms with Gasteiger partial charge in [-0.1, -0.05) is 28.1 Å². The molecular formula is C13H16BrN5O. The van der Waals surface area contributed by atoms with Gasteiger partial charge in [0.25, 0.3) is 0 Å². The van der Waals surface area contributed by atoms with Crippen molar-refractivity contribution in [3.05, 3.63) is 40.6 Å². The SMILES string of the molecule is CNCCC(=O)Nc1ncn(Cc2cccc(Br)c2)n1. The van der Waals surface area contributed by atoms with Crippen LogP contribution in [0, 0.1) is 0 Å². The molecule has 0 aliphatic rings. The number of aromatic nitrogens is 3. The summed E-state index contributed by atoms with van der Waals surface area (Å²) < 4.78 is 2.71. The van der Waals surface area contributed by atoms with Crippen LogP contribution in [0.25, 0.3) is 0 Å². The zero-order valence-corrected chi connectivity index (χ0v) is 12.7. The van der Waals surface area contributed by atoms with Crippen molar-refractivity contribution < 1.29 is 4.79 Å². The van der Waals surface area contributed by atoms with E-state index in [0.29, 0.717) is 25.5 Å². The largest absolute Gasteiger partial charge is 0.319 e. The highest BCUT2D eigenvalue weighted by atomic mass is 79.9. The van der Waals surface area contributed by atoms with E-state index in [1.165, 1.54) is 0 Å². The molecule has 0 atom stereocenters. The first-order valence-corrected chi connectivity index (χ1v) is 7.05. The lowest BCUT2D eigenvalue weighted by atomic mass is 10.2. The predicted molar refractivity (Wildman–Crippen MR) is 80.4 cm³/mol. The average Bonchev–Trinajstić information content (AvgIpc) is 2.83. The van der Waals surface area contributed by atoms with Crippen LogP contribution in [-0.2, 0) is 11.3 Å². The first-order chi connectivity index (χ1) is 9.67. The van der Waals surface area contributed by atoms with Crippen LogP contribution in [0.4, 0.5) is 5.95 Å². The Morgan fingerprint density at radius 2 is 2.30 bits per heavy atom. The number of nitrogens with one attached hydrogen (secondary N) is 2. The van der Waals surface area contributed by atoms with Gasteiger partial charge in [-0.3, -0.25) is 10.1 Å². The van der Waals surface area contributed by atoms with E-state index in [4.69, 9.17) is 0 Å². The lowest BCUT2D eigenvalue weighted by molar-refractivity contribution is -0.116. The minimum absolute atomic E-state index is 0.0976. The minimum atomic E-state index is -0.0976. The average molecular weight is 338 g/mol. The standard InChI is InChI=1S/C13H16BrN5O/c1-15-6-5-12(20)17-13-16-9-19(18-13)8-10-3-2-4-11(14)7-10/h2-4,7,9,15H,5-6,8H2,1H3,(H,17,18,20). The Balaban J connectivity index is 1.93. The van der Waals surface area contributed by atoms with E-state index in [9.17, 15) is 4.79 Å². The fraction of sp³-hybridized carbons (Fsp3) is 0.308. The second kappa shape index (κ2) is 7.16. The molecule has 0 unspecified atom stereocenters. The molecule has 0 saturated heterocycles. The van der Waals surface area contributed by atoms with Crippen LogP contribution in [0.15, 0.2) is 35.1 Å². The lowest BCUT2D eigenvalue weighted by Gasteiger charge is -2.02. The van der Waals surface area contributed by atoms with Crippen LogP contribution in [0.5, 0.6) is 0 Å². The van der Waals surface area contributed by atoms with Crippen molar-refractivity contribution in [3.63, 3.8) is 0 Å². The maximum atomic E-state index is 11.5. The van der Waals surface area contributed by atoms with E-state index in [1.54, 1.807) is 18.1 Å². The normalized spacial score (nSPS) is 10.5. The van der Waals surface area contributed by atoms with Gasteiger partial charge in [0.1, 0.15) is 6.33 Å². The second-order valence-electron chi connectivity index (χ2n) is 4.30. The first-order valence-electron chi connectivity index (χ1n) is 6.25. The first kappa shape index (κ1) is 14.7. The van der Waals surface area contributed by atoms with Crippen LogP contribution >= 0.6 is 15.9 Å². The molecule has 0 spiro atoms. The Bertz CT molecular complexity index is 584. The van der Waals surface area contributed by atoms with Gasteiger partial charge in [-0.25, -0.2) is 9.67 Å². The molecule has 1 aromatic heterocycles. The summed E-state index contributed by atoms with van der Waals surface area (Å²) in [7, 11) is 1.80. The Morgan fingerprint density at radius 1 is 1.45 bits per heavy atom. The van der Waals surface area contributed by atoms with Crippen molar-refractivity contribution in [1.29, 1.82) is 0 Å². The number of anilines is 1. The molecule has 0 fully saturated rings. The van der Waals surface area contributed by atoms with E-state index in [1.807, 2.05) is 24.3 Å². The van der Waals surface area contributed by atoms with Crippen molar-refractivity contribution in [2.24, 2.45) is 0 Å². The van der Waals surface area contributed by atoms with Crippen molar-refractivity contribution in [3.8, 4) is 0 Å². The molecule has 0 aliphatic carbocycles. The molecule has 2 N–H and O–H groups in total. The minimum Gasteiger partial charge on any atom is -0.319 e. The zero-order valence-electron chi connectivity index (χ0n) is 11.1. The number of nitrogens with zero attached hydrogens (tertiary/aromatic N) is 3. The van der Waals surface area contributed by atoms with E-state index < -0.39 is 0 Å². The van der Waals surface area contributed by atoms with Gasteiger partial charge in [-0.2, -0.15) is 0 Å². The summed E-state index contributed by atoms with van der Waals surface area (Å²) in [6.07, 6.45) is 2.01. The Kier molecular flexibility index (Phi) is 5.25. The summed E-state index contributed by atoms with van der Waals surface area (Å²) in [6.45, 7) is 1.24. The van der Waals surface area contributed by atoms with Gasteiger partial charge < -0.3 is 5.32 Å². The van der Waals surface area contributed by atoms with Gasteiger partial charge in [0.2, 0.25) is 11.9 Å². The Hall–Kier alpha value is -1.73. The van der Waals surface area contributed by atoms with E-state index in [0.717, 1.165) is 10.0 Å². The van der Waals surface area contributed by atoms with Crippen molar-refractivity contribution in [2.45, 2.75) is 13.0 Å². The molecule has 1 heterocycles. The Morgan fingerprint density at radius 3 is 3.05 bits per heavy atom. The number of carbonyl (C=O) groups excluding carboxylic acids is 1. The van der Waals surface area contributed by atoms with E-state index >= 15 is 0 Å². The molecule has 2 aromatic rings. The van der Waals surface area contributed by atoms with Gasteiger partial charge in [-0.05, 0) is 24.7 Å². The highest BCUT2D eigenvalue weighted by molar-refractivity contribution is 9.10. The van der Waals surface area contributed by atoms with Crippen LogP contribution < -0.4 is 10.6 Å². The molecule has 106 valence electrons. The number of halogens is 1. The number of rotatable bonds is 6. The molecular weight excluding hydrogens is 322 g/mol. The molecule has 1 aromatic carbocycles. The molecule has 7 heteroatoms. The van der Waals surface area contributed by atoms with Gasteiger partial charge in [0.05, 0.1) is 6.54 Å². The van der Waals surface area contributed by atoms with Gasteiger partial charge in [0, 0.05) is 17.4 Å². The van der Waals surface area contributed by atoms with E-state index in [2.05, 4.69) is 36.6 Å². The summed E-state index contributed by atoms with van der Waals surface area (Å²) in [5.74, 6) is 0.237. The van der Waals surface area contributed by atoms with Crippen LogP contribution in [0.2, 0.25) is 0 Å². The molecule has 0 aliphatic heterocycles. The fourth-order valence-corrected chi connectivity index (χ4v) is 2.12. The lowest BCUT2D eigenvalue weighted by Crippen LogP contribution is -2.19. The molecule has 6 nitrogen and oxygen atoms in total. The monoisotopic (exact) mass is 337 g/mol. The molecule has 1 amide bonds. The summed E-state index contributed by atoms with van der Waals surface area (Å²) in [6, 6.07) is 7.97. The van der Waals surface area contributed by atoms with Crippen molar-refractivity contribution in [2.75, 3.05) is 18.9 Å². The number of hydrogen-bond acceptors (Lipinski definition) is 4. The number of amides is 1. The number of benzene rings is 1. The fourth-order valence-electron chi connectivity index (χ4n) is 1.68. The van der Waals surface area contributed by atoms with Gasteiger partial charge >= 0.3 is 0 Å². The van der Waals surface area contributed by atoms with Crippen molar-refractivity contribution in [1.82, 2.24) is 20.1 Å². The third-order valence-electron chi connectivity index (χ3n) is 2.62. The van der Waals surface area contributed by atoms with E-state index in [-0.39, 0.29) is 5.91 Å². The summed E-state index contributed by atoms with van der Waals surface area (Å²) in [5.41, 5.74) is 1.11. The molecule has 0 bridgehead atoms. The van der Waals surface area contributed by atoms with Gasteiger partial charge in [-0.15, -0.1) is 5.10 Å². The highest BCUT2D eigenvalue weighted by Gasteiger charge is 2.06. The van der Waals surface area contributed by atoms with Gasteiger partial charge in [0.15, 0.2) is 0 Å². The predicted octanol–water partition coefficient (Wildman–Crippen LogP) is 1.64. The molecule has 2 rings (SSSR count). The highest BCUT2D eigenvalue weighted by Crippen LogP contribution is 2.12. The molecule has 20 heavy (non-hydrogen) atoms. The topological polar surface area (TPSA) is 71.8 Å². The van der Waals surface area contributed by atoms with Crippen LogP contribution in [-0.4, -0.2) is 34.3 Å². The van der Waals surface area contributed by atoms with Crippen molar-refractivity contribution >= 4 is 27.8 Å². The molecule has 0 saturated carbocycles. The Labute approximate surface area is 125 Å². The zero-order chi connectivity index (χ0) is 14.4. The third-order valence-corrected chi connectivity index (χ3v) is 3.12. The summed E-state index contributed by atoms with van der Waals surface area (Å²) in [4.78, 5) is 15.6. The number of hydrogen-bond donors (Lipinski definition) is 2. The van der Waals surface area contributed by atoms with Crippen LogP contribution in [0.3, 0.4) is 0 Å². The maximum absolute atomic E-state index is 11.5. The number of carbonyl (C=O) groups is 1.